The molecule has 2 aliphatic rings. The van der Waals surface area contributed by atoms with Gasteiger partial charge in [-0.3, -0.25) is 9.59 Å². The molecule has 0 atom stereocenters. The zero-order chi connectivity index (χ0) is 20.2. The molecule has 2 fully saturated rings. The highest BCUT2D eigenvalue weighted by Gasteiger charge is 2.26. The van der Waals surface area contributed by atoms with Crippen molar-refractivity contribution in [2.45, 2.75) is 31.7 Å². The Balaban J connectivity index is 1.31. The molecule has 4 rings (SSSR count). The third kappa shape index (κ3) is 4.72. The van der Waals surface area contributed by atoms with Gasteiger partial charge in [0.25, 0.3) is 5.91 Å². The van der Waals surface area contributed by atoms with Crippen LogP contribution in [-0.2, 0) is 4.79 Å². The summed E-state index contributed by atoms with van der Waals surface area (Å²) in [7, 11) is 0. The second-order valence-corrected chi connectivity index (χ2v) is 7.60. The summed E-state index contributed by atoms with van der Waals surface area (Å²) in [5, 5.41) is 14.8. The number of anilines is 2. The van der Waals surface area contributed by atoms with E-state index in [1.807, 2.05) is 12.1 Å². The number of hydrogen-bond acceptors (Lipinski definition) is 5. The first-order chi connectivity index (χ1) is 14.1. The van der Waals surface area contributed by atoms with E-state index in [1.165, 1.54) is 0 Å². The Kier molecular flexibility index (Phi) is 5.43. The fourth-order valence-corrected chi connectivity index (χ4v) is 3.49. The van der Waals surface area contributed by atoms with Crippen LogP contribution in [0.1, 0.15) is 41.6 Å². The number of piperidine rings is 1. The standard InChI is InChI=1S/C22H23N5O2/c23-13-15-4-7-20(24-14-15)27-10-8-16(9-11-27)21(28)26-19-3-1-2-17(12-19)22(29)25-18-5-6-18/h1-4,7,12,14,16,18H,5-6,8-11H2,(H,25,29)(H,26,28). The van der Waals surface area contributed by atoms with E-state index in [1.54, 1.807) is 30.5 Å². The van der Waals surface area contributed by atoms with Crippen LogP contribution in [0.25, 0.3) is 0 Å². The van der Waals surface area contributed by atoms with Crippen LogP contribution in [0.15, 0.2) is 42.6 Å². The van der Waals surface area contributed by atoms with Crippen LogP contribution in [0, 0.1) is 17.2 Å². The van der Waals surface area contributed by atoms with Gasteiger partial charge in [0.15, 0.2) is 0 Å². The normalized spacial score (nSPS) is 16.7. The topological polar surface area (TPSA) is 98.1 Å². The second-order valence-electron chi connectivity index (χ2n) is 7.60. The predicted molar refractivity (Wildman–Crippen MR) is 109 cm³/mol. The van der Waals surface area contributed by atoms with Gasteiger partial charge in [-0.05, 0) is 56.0 Å². The lowest BCUT2D eigenvalue weighted by Crippen LogP contribution is -2.38. The summed E-state index contributed by atoms with van der Waals surface area (Å²) in [4.78, 5) is 31.3. The molecule has 2 amide bonds. The van der Waals surface area contributed by atoms with E-state index in [-0.39, 0.29) is 17.7 Å². The molecule has 7 nitrogen and oxygen atoms in total. The van der Waals surface area contributed by atoms with Gasteiger partial charge in [0.1, 0.15) is 11.9 Å². The molecular weight excluding hydrogens is 366 g/mol. The molecule has 1 saturated carbocycles. The molecule has 0 spiro atoms. The largest absolute Gasteiger partial charge is 0.357 e. The molecule has 2 aromatic rings. The van der Waals surface area contributed by atoms with E-state index < -0.39 is 0 Å². The van der Waals surface area contributed by atoms with E-state index in [0.29, 0.717) is 22.9 Å². The number of carbonyl (C=O) groups excluding carboxylic acids is 2. The molecule has 1 aromatic heterocycles. The lowest BCUT2D eigenvalue weighted by molar-refractivity contribution is -0.120. The summed E-state index contributed by atoms with van der Waals surface area (Å²) in [6.07, 6.45) is 5.11. The zero-order valence-corrected chi connectivity index (χ0v) is 16.1. The van der Waals surface area contributed by atoms with E-state index >= 15 is 0 Å². The highest BCUT2D eigenvalue weighted by molar-refractivity contribution is 5.98. The fraction of sp³-hybridized carbons (Fsp3) is 0.364. The van der Waals surface area contributed by atoms with Gasteiger partial charge >= 0.3 is 0 Å². The van der Waals surface area contributed by atoms with E-state index in [9.17, 15) is 9.59 Å². The van der Waals surface area contributed by atoms with E-state index in [4.69, 9.17) is 5.26 Å². The number of nitriles is 1. The van der Waals surface area contributed by atoms with Crippen LogP contribution in [0.2, 0.25) is 0 Å². The van der Waals surface area contributed by atoms with Gasteiger partial charge in [-0.2, -0.15) is 5.26 Å². The van der Waals surface area contributed by atoms with Gasteiger partial charge in [0.2, 0.25) is 5.91 Å². The fourth-order valence-electron chi connectivity index (χ4n) is 3.49. The lowest BCUT2D eigenvalue weighted by Gasteiger charge is -2.32. The highest BCUT2D eigenvalue weighted by atomic mass is 16.2. The summed E-state index contributed by atoms with van der Waals surface area (Å²) in [6, 6.07) is 13.1. The highest BCUT2D eigenvalue weighted by Crippen LogP contribution is 2.24. The van der Waals surface area contributed by atoms with E-state index in [2.05, 4.69) is 26.6 Å². The summed E-state index contributed by atoms with van der Waals surface area (Å²) in [5.74, 6) is 0.648. The number of hydrogen-bond donors (Lipinski definition) is 2. The summed E-state index contributed by atoms with van der Waals surface area (Å²) >= 11 is 0. The van der Waals surface area contributed by atoms with Gasteiger partial charge in [0, 0.05) is 42.5 Å². The number of benzene rings is 1. The quantitative estimate of drug-likeness (QED) is 0.819. The molecule has 0 unspecified atom stereocenters. The van der Waals surface area contributed by atoms with Crippen molar-refractivity contribution >= 4 is 23.3 Å². The first kappa shape index (κ1) is 18.9. The Morgan fingerprint density at radius 1 is 1.10 bits per heavy atom. The first-order valence-corrected chi connectivity index (χ1v) is 9.95. The van der Waals surface area contributed by atoms with Crippen molar-refractivity contribution in [3.63, 3.8) is 0 Å². The number of rotatable bonds is 5. The maximum atomic E-state index is 12.7. The third-order valence-electron chi connectivity index (χ3n) is 5.37. The van der Waals surface area contributed by atoms with Gasteiger partial charge < -0.3 is 15.5 Å². The molecular formula is C22H23N5O2. The van der Waals surface area contributed by atoms with E-state index in [0.717, 1.165) is 44.6 Å². The van der Waals surface area contributed by atoms with Crippen LogP contribution in [0.4, 0.5) is 11.5 Å². The van der Waals surface area contributed by atoms with Gasteiger partial charge in [-0.1, -0.05) is 6.07 Å². The minimum absolute atomic E-state index is 0.0165. The average Bonchev–Trinajstić information content (AvgIpc) is 3.58. The second kappa shape index (κ2) is 8.31. The summed E-state index contributed by atoms with van der Waals surface area (Å²) < 4.78 is 0. The molecule has 1 saturated heterocycles. The third-order valence-corrected chi connectivity index (χ3v) is 5.37. The average molecular weight is 389 g/mol. The smallest absolute Gasteiger partial charge is 0.251 e. The minimum atomic E-state index is -0.0909. The number of nitrogens with one attached hydrogen (secondary N) is 2. The molecule has 7 heteroatoms. The maximum Gasteiger partial charge on any atom is 0.251 e. The predicted octanol–water partition coefficient (Wildman–Crippen LogP) is 2.70. The first-order valence-electron chi connectivity index (χ1n) is 9.95. The Morgan fingerprint density at radius 3 is 2.55 bits per heavy atom. The van der Waals surface area contributed by atoms with Crippen molar-refractivity contribution in [1.82, 2.24) is 10.3 Å². The van der Waals surface area contributed by atoms with Crippen LogP contribution < -0.4 is 15.5 Å². The van der Waals surface area contributed by atoms with Crippen LogP contribution in [0.3, 0.4) is 0 Å². The molecule has 2 heterocycles. The van der Waals surface area contributed by atoms with Crippen molar-refractivity contribution < 1.29 is 9.59 Å². The van der Waals surface area contributed by atoms with Crippen molar-refractivity contribution in [3.8, 4) is 6.07 Å². The number of nitrogens with zero attached hydrogens (tertiary/aromatic N) is 3. The van der Waals surface area contributed by atoms with Crippen LogP contribution in [-0.4, -0.2) is 35.9 Å². The Labute approximate surface area is 169 Å². The lowest BCUT2D eigenvalue weighted by atomic mass is 9.95. The summed E-state index contributed by atoms with van der Waals surface area (Å²) in [5.41, 5.74) is 1.75. The minimum Gasteiger partial charge on any atom is -0.357 e. The number of pyridine rings is 1. The molecule has 0 radical (unpaired) electrons. The monoisotopic (exact) mass is 389 g/mol. The molecule has 1 aliphatic heterocycles. The molecule has 1 aliphatic carbocycles. The van der Waals surface area contributed by atoms with Crippen molar-refractivity contribution in [2.75, 3.05) is 23.3 Å². The van der Waals surface area contributed by atoms with Gasteiger partial charge in [-0.15, -0.1) is 0 Å². The number of aromatic nitrogens is 1. The Hall–Kier alpha value is -3.40. The van der Waals surface area contributed by atoms with Crippen molar-refractivity contribution in [2.24, 2.45) is 5.92 Å². The zero-order valence-electron chi connectivity index (χ0n) is 16.1. The number of amides is 2. The summed E-state index contributed by atoms with van der Waals surface area (Å²) in [6.45, 7) is 1.47. The number of carbonyl (C=O) groups is 2. The molecule has 148 valence electrons. The van der Waals surface area contributed by atoms with Crippen molar-refractivity contribution in [1.29, 1.82) is 5.26 Å². The van der Waals surface area contributed by atoms with Gasteiger partial charge in [0.05, 0.1) is 5.56 Å². The molecule has 2 N–H and O–H groups in total. The van der Waals surface area contributed by atoms with Gasteiger partial charge in [-0.25, -0.2) is 4.98 Å². The molecule has 29 heavy (non-hydrogen) atoms. The Morgan fingerprint density at radius 2 is 1.90 bits per heavy atom. The SMILES string of the molecule is N#Cc1ccc(N2CCC(C(=O)Nc3cccc(C(=O)NC4CC4)c3)CC2)nc1. The van der Waals surface area contributed by atoms with Crippen molar-refractivity contribution in [3.05, 3.63) is 53.7 Å². The Bertz CT molecular complexity index is 938. The van der Waals surface area contributed by atoms with Crippen LogP contribution >= 0.6 is 0 Å². The molecule has 0 bridgehead atoms. The van der Waals surface area contributed by atoms with Crippen LogP contribution in [0.5, 0.6) is 0 Å². The maximum absolute atomic E-state index is 12.7. The molecule has 1 aromatic carbocycles.